The molecule has 1 heterocycles. The molecule has 3 aromatic rings. The third-order valence-electron chi connectivity index (χ3n) is 11.4. The predicted octanol–water partition coefficient (Wildman–Crippen LogP) is 3.91. The van der Waals surface area contributed by atoms with Gasteiger partial charge in [-0.1, -0.05) is 108 Å². The van der Waals surface area contributed by atoms with E-state index in [1.807, 2.05) is 36.5 Å². The van der Waals surface area contributed by atoms with E-state index in [0.29, 0.717) is 24.0 Å². The van der Waals surface area contributed by atoms with Gasteiger partial charge in [0.25, 0.3) is 17.7 Å². The molecule has 0 saturated heterocycles. The first kappa shape index (κ1) is 52.6. The van der Waals surface area contributed by atoms with Crippen LogP contribution in [0.5, 0.6) is 0 Å². The van der Waals surface area contributed by atoms with Gasteiger partial charge in [-0.05, 0) is 60.8 Å². The van der Waals surface area contributed by atoms with E-state index in [-0.39, 0.29) is 42.1 Å². The lowest BCUT2D eigenvalue weighted by molar-refractivity contribution is -0.141. The van der Waals surface area contributed by atoms with Gasteiger partial charge in [-0.2, -0.15) is 4.72 Å². The van der Waals surface area contributed by atoms with Crippen LogP contribution in [0.2, 0.25) is 0 Å². The molecule has 0 spiro atoms. The number of sulfonamides is 1. The van der Waals surface area contributed by atoms with Gasteiger partial charge in [0.2, 0.25) is 34.0 Å². The number of aromatic nitrogens is 2. The summed E-state index contributed by atoms with van der Waals surface area (Å²) in [6.45, 7) is 8.06. The Kier molecular flexibility index (Phi) is 19.5. The number of amides is 5. The van der Waals surface area contributed by atoms with Gasteiger partial charge in [0.15, 0.2) is 5.66 Å². The van der Waals surface area contributed by atoms with Crippen LogP contribution in [-0.4, -0.2) is 96.7 Å². The molecule has 358 valence electrons. The molecule has 2 aromatic carbocycles. The fraction of sp³-hybridized carbons (Fsp3) is 0.500. The van der Waals surface area contributed by atoms with Gasteiger partial charge in [-0.3, -0.25) is 33.8 Å². The van der Waals surface area contributed by atoms with E-state index in [4.69, 9.17) is 0 Å². The van der Waals surface area contributed by atoms with Crippen LogP contribution in [0.4, 0.5) is 8.78 Å². The maximum Gasteiger partial charge on any atom is 0.289 e. The Balaban J connectivity index is 1.75. The van der Waals surface area contributed by atoms with Crippen LogP contribution in [-0.2, 0) is 38.8 Å². The third kappa shape index (κ3) is 15.0. The summed E-state index contributed by atoms with van der Waals surface area (Å²) >= 11 is 0. The maximum absolute atomic E-state index is 15.0. The summed E-state index contributed by atoms with van der Waals surface area (Å²) in [5.74, 6) is -8.15. The molecule has 4 rings (SSSR count). The van der Waals surface area contributed by atoms with Crippen LogP contribution in [0.15, 0.2) is 72.0 Å². The zero-order valence-corrected chi connectivity index (χ0v) is 38.6. The van der Waals surface area contributed by atoms with E-state index in [0.717, 1.165) is 31.0 Å². The van der Waals surface area contributed by atoms with Crippen molar-refractivity contribution < 1.29 is 50.8 Å². The number of nitrogens with one attached hydrogen (secondary N) is 6. The molecule has 6 N–H and O–H groups in total. The zero-order valence-electron chi connectivity index (χ0n) is 37.8. The lowest BCUT2D eigenvalue weighted by Crippen LogP contribution is -2.71. The highest BCUT2D eigenvalue weighted by molar-refractivity contribution is 7.89. The highest BCUT2D eigenvalue weighted by Crippen LogP contribution is 2.29. The largest absolute Gasteiger partial charge is 0.344 e. The summed E-state index contributed by atoms with van der Waals surface area (Å²) in [7, 11) is -4.68. The average molecular weight is 939 g/mol. The summed E-state index contributed by atoms with van der Waals surface area (Å²) in [6, 6.07) is 8.42. The summed E-state index contributed by atoms with van der Waals surface area (Å²) in [5, 5.41) is 12.1. The number of hydrogen-bond donors (Lipinski definition) is 6. The summed E-state index contributed by atoms with van der Waals surface area (Å²) in [6.07, 6.45) is 3.46. The van der Waals surface area contributed by atoms with E-state index in [1.54, 1.807) is 33.8 Å². The number of hydrogen-bond acceptors (Lipinski definition) is 11. The summed E-state index contributed by atoms with van der Waals surface area (Å²) in [5.41, 5.74) is -0.485. The first-order chi connectivity index (χ1) is 31.3. The van der Waals surface area contributed by atoms with Crippen LogP contribution >= 0.6 is 0 Å². The second kappa shape index (κ2) is 24.5. The first-order valence-corrected chi connectivity index (χ1v) is 23.5. The highest BCUT2D eigenvalue weighted by atomic mass is 32.2. The van der Waals surface area contributed by atoms with Crippen LogP contribution < -0.4 is 31.3 Å². The Morgan fingerprint density at radius 3 is 2.17 bits per heavy atom. The molecular weight excluding hydrogens is 879 g/mol. The monoisotopic (exact) mass is 938 g/mol. The van der Waals surface area contributed by atoms with E-state index < -0.39 is 100 Å². The zero-order chi connectivity index (χ0) is 48.6. The van der Waals surface area contributed by atoms with E-state index >= 15 is 4.79 Å². The molecule has 1 aliphatic rings. The minimum Gasteiger partial charge on any atom is -0.344 e. The molecule has 20 heteroatoms. The van der Waals surface area contributed by atoms with Crippen molar-refractivity contribution >= 4 is 51.6 Å². The molecule has 0 radical (unpaired) electrons. The Hall–Kier alpha value is -6.02. The normalized spacial score (nSPS) is 15.9. The maximum atomic E-state index is 15.0. The van der Waals surface area contributed by atoms with Crippen molar-refractivity contribution in [3.05, 3.63) is 78.4 Å². The standard InChI is InChI=1S/C46H60F2N8O9S/c1-6-30(5)39(43(61)53-36(23-31-11-8-7-9-12-31)41(59)52-35(25-38(47)48)40(58)44(62)51-21-22-57)54-45(63)46(26-28(2)3,55-42(60)37-27-49-19-20-50-37)56-66(64,65)34-14-10-13-33(24-34)32-17-15-29(4)16-18-32/h10,13-20,22,24,27-28,30-31,35-36,38-39,56H,6-9,11-12,21,23,25-26H2,1-5H3,(H,51,62)(H,52,59)(H,53,61)(H,54,63)(H,55,60). The number of carbonyl (C=O) groups is 7. The van der Waals surface area contributed by atoms with Crippen molar-refractivity contribution in [2.24, 2.45) is 17.8 Å². The minimum atomic E-state index is -4.68. The number of aryl methyl sites for hydroxylation is 1. The van der Waals surface area contributed by atoms with E-state index in [9.17, 15) is 46.0 Å². The Morgan fingerprint density at radius 1 is 0.879 bits per heavy atom. The van der Waals surface area contributed by atoms with Crippen molar-refractivity contribution in [2.75, 3.05) is 6.54 Å². The number of rotatable bonds is 24. The Bertz CT molecular complexity index is 2280. The molecule has 17 nitrogen and oxygen atoms in total. The van der Waals surface area contributed by atoms with Crippen molar-refractivity contribution in [3.8, 4) is 11.1 Å². The number of nitrogens with zero attached hydrogens (tertiary/aromatic N) is 2. The molecule has 1 saturated carbocycles. The number of Topliss-reactive ketones (excluding diaryl/α,β-unsaturated/α-hetero) is 1. The fourth-order valence-corrected chi connectivity index (χ4v) is 9.10. The van der Waals surface area contributed by atoms with Gasteiger partial charge in [0.05, 0.1) is 17.6 Å². The molecule has 1 aromatic heterocycles. The number of halogens is 2. The number of benzene rings is 2. The topological polar surface area (TPSA) is 252 Å². The number of ketones is 1. The second-order valence-corrected chi connectivity index (χ2v) is 18.8. The van der Waals surface area contributed by atoms with E-state index in [1.165, 1.54) is 30.6 Å². The fourth-order valence-electron chi connectivity index (χ4n) is 7.75. The van der Waals surface area contributed by atoms with Gasteiger partial charge in [-0.25, -0.2) is 22.2 Å². The van der Waals surface area contributed by atoms with Gasteiger partial charge in [0, 0.05) is 18.8 Å². The van der Waals surface area contributed by atoms with Crippen LogP contribution in [0.25, 0.3) is 11.1 Å². The molecule has 0 bridgehead atoms. The number of alkyl halides is 2. The smallest absolute Gasteiger partial charge is 0.289 e. The van der Waals surface area contributed by atoms with Gasteiger partial charge >= 0.3 is 0 Å². The molecule has 0 aliphatic heterocycles. The molecule has 1 aliphatic carbocycles. The number of aldehydes is 1. The predicted molar refractivity (Wildman–Crippen MR) is 240 cm³/mol. The molecular formula is C46H60F2N8O9S. The first-order valence-electron chi connectivity index (χ1n) is 22.0. The third-order valence-corrected chi connectivity index (χ3v) is 12.9. The van der Waals surface area contributed by atoms with Crippen molar-refractivity contribution in [3.63, 3.8) is 0 Å². The molecule has 5 unspecified atom stereocenters. The SMILES string of the molecule is CCC(C)C(NC(=O)C(CC(C)C)(NC(=O)c1cnccn1)NS(=O)(=O)c1cccc(-c2ccc(C)cc2)c1)C(=O)NC(CC1CCCCC1)C(=O)NC(CC(F)F)C(=O)C(=O)NCC=O. The minimum absolute atomic E-state index is 0.0125. The lowest BCUT2D eigenvalue weighted by Gasteiger charge is -2.37. The summed E-state index contributed by atoms with van der Waals surface area (Å²) < 4.78 is 58.9. The number of carbonyl (C=O) groups excluding carboxylic acids is 7. The quantitative estimate of drug-likeness (QED) is 0.0427. The van der Waals surface area contributed by atoms with Crippen LogP contribution in [0, 0.1) is 24.7 Å². The Morgan fingerprint density at radius 2 is 1.56 bits per heavy atom. The van der Waals surface area contributed by atoms with Gasteiger partial charge in [0.1, 0.15) is 30.1 Å². The van der Waals surface area contributed by atoms with Crippen LogP contribution in [0.3, 0.4) is 0 Å². The Labute approximate surface area is 383 Å². The molecule has 66 heavy (non-hydrogen) atoms. The highest BCUT2D eigenvalue weighted by Gasteiger charge is 2.47. The molecule has 5 atom stereocenters. The molecule has 5 amide bonds. The second-order valence-electron chi connectivity index (χ2n) is 17.1. The molecule has 1 fully saturated rings. The summed E-state index contributed by atoms with van der Waals surface area (Å²) in [4.78, 5) is 101. The average Bonchev–Trinajstić information content (AvgIpc) is 3.29. The van der Waals surface area contributed by atoms with Crippen molar-refractivity contribution in [2.45, 2.75) is 128 Å². The van der Waals surface area contributed by atoms with Crippen LogP contribution in [0.1, 0.15) is 102 Å². The lowest BCUT2D eigenvalue weighted by atomic mass is 9.84. The van der Waals surface area contributed by atoms with Crippen molar-refractivity contribution in [1.82, 2.24) is 41.3 Å². The van der Waals surface area contributed by atoms with Gasteiger partial charge in [-0.15, -0.1) is 0 Å². The van der Waals surface area contributed by atoms with E-state index in [2.05, 4.69) is 36.0 Å². The van der Waals surface area contributed by atoms with Gasteiger partial charge < -0.3 is 31.4 Å². The van der Waals surface area contributed by atoms with Crippen molar-refractivity contribution in [1.29, 1.82) is 0 Å².